The summed E-state index contributed by atoms with van der Waals surface area (Å²) < 4.78 is 17.0. The fourth-order valence-electron chi connectivity index (χ4n) is 5.27. The Hall–Kier alpha value is -4.73. The summed E-state index contributed by atoms with van der Waals surface area (Å²) in [7, 11) is 4.63. The highest BCUT2D eigenvalue weighted by molar-refractivity contribution is 5.85. The molecule has 10 heteroatoms. The van der Waals surface area contributed by atoms with E-state index in [9.17, 15) is 19.5 Å². The van der Waals surface area contributed by atoms with Crippen LogP contribution in [0.15, 0.2) is 53.3 Å². The van der Waals surface area contributed by atoms with E-state index >= 15 is 0 Å². The van der Waals surface area contributed by atoms with Gasteiger partial charge in [-0.1, -0.05) is 18.2 Å². The highest BCUT2D eigenvalue weighted by Gasteiger charge is 2.29. The summed E-state index contributed by atoms with van der Waals surface area (Å²) in [5.74, 6) is 1.12. The van der Waals surface area contributed by atoms with Crippen molar-refractivity contribution in [3.8, 4) is 34.1 Å². The molecule has 0 saturated heterocycles. The minimum atomic E-state index is -0.697. The lowest BCUT2D eigenvalue weighted by atomic mass is 9.95. The monoisotopic (exact) mass is 575 g/mol. The molecule has 3 aromatic carbocycles. The Labute approximate surface area is 245 Å². The first-order valence-corrected chi connectivity index (χ1v) is 13.8. The first kappa shape index (κ1) is 30.2. The first-order chi connectivity index (χ1) is 20.2. The molecule has 0 aliphatic heterocycles. The van der Waals surface area contributed by atoms with Gasteiger partial charge in [0.15, 0.2) is 11.5 Å². The number of carbonyl (C=O) groups excluding carboxylic acids is 2. The van der Waals surface area contributed by atoms with E-state index < -0.39 is 12.1 Å². The van der Waals surface area contributed by atoms with E-state index in [-0.39, 0.29) is 28.7 Å². The lowest BCUT2D eigenvalue weighted by Crippen LogP contribution is -2.39. The maximum atomic E-state index is 13.5. The van der Waals surface area contributed by atoms with Crippen LogP contribution in [-0.2, 0) is 22.4 Å². The van der Waals surface area contributed by atoms with Gasteiger partial charge in [-0.05, 0) is 78.8 Å². The van der Waals surface area contributed by atoms with Crippen molar-refractivity contribution in [2.45, 2.75) is 45.2 Å². The van der Waals surface area contributed by atoms with Crippen LogP contribution in [0.1, 0.15) is 43.0 Å². The molecular formula is C32H37N3O7. The zero-order chi connectivity index (χ0) is 30.4. The Morgan fingerprint density at radius 3 is 2.36 bits per heavy atom. The van der Waals surface area contributed by atoms with Gasteiger partial charge in [-0.3, -0.25) is 14.4 Å². The van der Waals surface area contributed by atoms with Crippen LogP contribution in [0.4, 0.5) is 5.69 Å². The number of methoxy groups -OCH3 is 3. The molecule has 2 atom stereocenters. The Balaban J connectivity index is 1.68. The van der Waals surface area contributed by atoms with Crippen LogP contribution in [0.3, 0.4) is 0 Å². The van der Waals surface area contributed by atoms with Crippen LogP contribution in [0.2, 0.25) is 0 Å². The van der Waals surface area contributed by atoms with Crippen molar-refractivity contribution in [1.82, 2.24) is 10.6 Å². The molecule has 0 heterocycles. The SMILES string of the molecule is COc1cc2c(c(OC)c1OC)-c1ccc(NC(C)C(=O)NCCc3ccc(O)cc3)c(=O)cc1C(NC(C)=O)CC2. The average molecular weight is 576 g/mol. The van der Waals surface area contributed by atoms with Crippen molar-refractivity contribution in [1.29, 1.82) is 0 Å². The van der Waals surface area contributed by atoms with Gasteiger partial charge < -0.3 is 35.3 Å². The zero-order valence-electron chi connectivity index (χ0n) is 24.5. The molecular weight excluding hydrogens is 538 g/mol. The van der Waals surface area contributed by atoms with Crippen LogP contribution >= 0.6 is 0 Å². The Bertz CT molecular complexity index is 1520. The number of amides is 2. The number of rotatable bonds is 10. The summed E-state index contributed by atoms with van der Waals surface area (Å²) in [4.78, 5) is 38.5. The van der Waals surface area contributed by atoms with Gasteiger partial charge in [0.05, 0.1) is 33.1 Å². The molecule has 0 aromatic heterocycles. The number of phenolic OH excluding ortho intramolecular Hbond substituents is 1. The highest BCUT2D eigenvalue weighted by atomic mass is 16.5. The fraction of sp³-hybridized carbons (Fsp3) is 0.344. The lowest BCUT2D eigenvalue weighted by molar-refractivity contribution is -0.121. The molecule has 222 valence electrons. The maximum absolute atomic E-state index is 13.5. The van der Waals surface area contributed by atoms with Crippen LogP contribution in [0.25, 0.3) is 11.1 Å². The van der Waals surface area contributed by atoms with Crippen LogP contribution < -0.4 is 35.6 Å². The van der Waals surface area contributed by atoms with E-state index in [1.165, 1.54) is 20.1 Å². The van der Waals surface area contributed by atoms with Gasteiger partial charge in [-0.2, -0.15) is 0 Å². The minimum absolute atomic E-state index is 0.187. The Kier molecular flexibility index (Phi) is 9.57. The normalized spacial score (nSPS) is 14.4. The van der Waals surface area contributed by atoms with Gasteiger partial charge in [0.2, 0.25) is 23.0 Å². The summed E-state index contributed by atoms with van der Waals surface area (Å²) in [6.45, 7) is 3.53. The third-order valence-electron chi connectivity index (χ3n) is 7.33. The van der Waals surface area contributed by atoms with Crippen LogP contribution in [-0.4, -0.2) is 50.8 Å². The number of aromatic hydroxyl groups is 1. The molecule has 0 radical (unpaired) electrons. The second kappa shape index (κ2) is 13.3. The molecule has 3 aromatic rings. The van der Waals surface area contributed by atoms with Crippen molar-refractivity contribution in [2.75, 3.05) is 33.2 Å². The van der Waals surface area contributed by atoms with E-state index in [0.29, 0.717) is 54.2 Å². The predicted octanol–water partition coefficient (Wildman–Crippen LogP) is 3.73. The number of nitrogens with one attached hydrogen (secondary N) is 3. The number of hydrogen-bond acceptors (Lipinski definition) is 8. The molecule has 2 unspecified atom stereocenters. The van der Waals surface area contributed by atoms with Gasteiger partial charge in [0, 0.05) is 19.0 Å². The first-order valence-electron chi connectivity index (χ1n) is 13.8. The lowest BCUT2D eigenvalue weighted by Gasteiger charge is -2.19. The molecule has 1 aliphatic rings. The number of carbonyl (C=O) groups is 2. The van der Waals surface area contributed by atoms with Gasteiger partial charge in [-0.25, -0.2) is 0 Å². The molecule has 4 N–H and O–H groups in total. The van der Waals surface area contributed by atoms with Crippen molar-refractivity contribution >= 4 is 17.5 Å². The topological polar surface area (TPSA) is 135 Å². The van der Waals surface area contributed by atoms with Crippen LogP contribution in [0.5, 0.6) is 23.0 Å². The average Bonchev–Trinajstić information content (AvgIpc) is 3.21. The zero-order valence-corrected chi connectivity index (χ0v) is 24.5. The van der Waals surface area contributed by atoms with E-state index in [4.69, 9.17) is 14.2 Å². The highest BCUT2D eigenvalue weighted by Crippen LogP contribution is 2.50. The molecule has 2 amide bonds. The smallest absolute Gasteiger partial charge is 0.242 e. The fourth-order valence-corrected chi connectivity index (χ4v) is 5.27. The number of phenols is 1. The molecule has 4 rings (SSSR count). The number of aryl methyl sites for hydroxylation is 1. The van der Waals surface area contributed by atoms with E-state index in [2.05, 4.69) is 16.0 Å². The number of ether oxygens (including phenoxy) is 3. The molecule has 1 aliphatic carbocycles. The molecule has 0 spiro atoms. The summed E-state index contributed by atoms with van der Waals surface area (Å²) >= 11 is 0. The number of fused-ring (bicyclic) bond motifs is 3. The van der Waals surface area contributed by atoms with E-state index in [1.54, 1.807) is 51.5 Å². The third-order valence-corrected chi connectivity index (χ3v) is 7.33. The molecule has 0 saturated carbocycles. The van der Waals surface area contributed by atoms with Gasteiger partial charge >= 0.3 is 0 Å². The molecule has 42 heavy (non-hydrogen) atoms. The minimum Gasteiger partial charge on any atom is -0.508 e. The van der Waals surface area contributed by atoms with Crippen molar-refractivity contribution < 1.29 is 28.9 Å². The van der Waals surface area contributed by atoms with Crippen LogP contribution in [0, 0.1) is 0 Å². The second-order valence-electron chi connectivity index (χ2n) is 10.2. The molecule has 0 fully saturated rings. The summed E-state index contributed by atoms with van der Waals surface area (Å²) in [5.41, 5.74) is 3.91. The standard InChI is InChI=1S/C32H37N3O7/c1-18(32(39)33-15-14-20-6-9-22(37)10-7-20)34-26-13-11-23-24(17-27(26)38)25(35-19(2)36)12-8-21-16-28(40-3)30(41-4)31(42-5)29(21)23/h6-7,9-11,13,16-18,25,37H,8,12,14-15H2,1-5H3,(H,33,39)(H,34,38)(H,35,36). The summed E-state index contributed by atoms with van der Waals surface area (Å²) in [6, 6.07) is 12.5. The van der Waals surface area contributed by atoms with Gasteiger partial charge in [0.1, 0.15) is 11.8 Å². The Morgan fingerprint density at radius 2 is 1.71 bits per heavy atom. The summed E-state index contributed by atoms with van der Waals surface area (Å²) in [6.07, 6.45) is 1.74. The maximum Gasteiger partial charge on any atom is 0.242 e. The molecule has 10 nitrogen and oxygen atoms in total. The number of benzene rings is 2. The third kappa shape index (κ3) is 6.59. The number of hydrogen-bond donors (Lipinski definition) is 4. The second-order valence-corrected chi connectivity index (χ2v) is 10.2. The Morgan fingerprint density at radius 1 is 1.00 bits per heavy atom. The number of anilines is 1. The predicted molar refractivity (Wildman–Crippen MR) is 161 cm³/mol. The summed E-state index contributed by atoms with van der Waals surface area (Å²) in [5, 5.41) is 18.4. The van der Waals surface area contributed by atoms with Crippen molar-refractivity contribution in [2.24, 2.45) is 0 Å². The van der Waals surface area contributed by atoms with Crippen molar-refractivity contribution in [3.63, 3.8) is 0 Å². The van der Waals surface area contributed by atoms with Crippen molar-refractivity contribution in [3.05, 3.63) is 75.4 Å². The van der Waals surface area contributed by atoms with Gasteiger partial charge in [-0.15, -0.1) is 0 Å². The quantitative estimate of drug-likeness (QED) is 0.287. The van der Waals surface area contributed by atoms with E-state index in [0.717, 1.165) is 16.7 Å². The largest absolute Gasteiger partial charge is 0.508 e. The van der Waals surface area contributed by atoms with E-state index in [1.807, 2.05) is 12.1 Å². The van der Waals surface area contributed by atoms with Gasteiger partial charge in [0.25, 0.3) is 0 Å². The molecule has 0 bridgehead atoms.